The highest BCUT2D eigenvalue weighted by Gasteiger charge is 2.37. The smallest absolute Gasteiger partial charge is 0.461 e. The summed E-state index contributed by atoms with van der Waals surface area (Å²) in [6, 6.07) is 20.0. The zero-order valence-electron chi connectivity index (χ0n) is 20.5. The Hall–Kier alpha value is -3.20. The van der Waals surface area contributed by atoms with Gasteiger partial charge >= 0.3 is 13.7 Å². The third kappa shape index (κ3) is 8.15. The third-order valence-corrected chi connectivity index (χ3v) is 8.09. The van der Waals surface area contributed by atoms with E-state index in [1.54, 1.807) is 24.3 Å². The highest BCUT2D eigenvalue weighted by Crippen LogP contribution is 2.46. The fourth-order valence-electron chi connectivity index (χ4n) is 4.12. The summed E-state index contributed by atoms with van der Waals surface area (Å²) in [6.07, 6.45) is 4.65. The predicted octanol–water partition coefficient (Wildman–Crippen LogP) is 7.00. The molecule has 0 radical (unpaired) electrons. The minimum absolute atomic E-state index is 0.0719. The van der Waals surface area contributed by atoms with Gasteiger partial charge in [0.1, 0.15) is 23.6 Å². The van der Waals surface area contributed by atoms with Crippen LogP contribution >= 0.6 is 23.7 Å². The van der Waals surface area contributed by atoms with E-state index in [4.69, 9.17) is 13.8 Å². The molecule has 1 aliphatic carbocycles. The number of nitrogens with zero attached hydrogens (tertiary/aromatic N) is 1. The number of non-ortho nitro benzene ring substituents is 1. The lowest BCUT2D eigenvalue weighted by Gasteiger charge is -2.27. The molecule has 0 bridgehead atoms. The summed E-state index contributed by atoms with van der Waals surface area (Å²) in [5, 5.41) is 13.8. The number of hydrogen-bond acceptors (Lipinski definition) is 7. The molecule has 3 aromatic rings. The van der Waals surface area contributed by atoms with Crippen molar-refractivity contribution < 1.29 is 28.1 Å². The molecule has 0 aliphatic heterocycles. The van der Waals surface area contributed by atoms with E-state index in [9.17, 15) is 19.5 Å². The summed E-state index contributed by atoms with van der Waals surface area (Å²) in [5.74, 6) is -0.236. The van der Waals surface area contributed by atoms with Crippen molar-refractivity contribution in [1.82, 2.24) is 5.09 Å². The van der Waals surface area contributed by atoms with Gasteiger partial charge in [-0.25, -0.2) is 4.57 Å². The topological polar surface area (TPSA) is 117 Å². The Morgan fingerprint density at radius 2 is 1.53 bits per heavy atom. The van der Waals surface area contributed by atoms with Crippen molar-refractivity contribution in [2.75, 3.05) is 0 Å². The first kappa shape index (κ1) is 27.8. The lowest BCUT2D eigenvalue weighted by Crippen LogP contribution is -2.41. The van der Waals surface area contributed by atoms with Crippen LogP contribution in [0.4, 0.5) is 5.69 Å². The van der Waals surface area contributed by atoms with Gasteiger partial charge in [0.2, 0.25) is 0 Å². The van der Waals surface area contributed by atoms with E-state index in [1.165, 1.54) is 24.3 Å². The van der Waals surface area contributed by atoms with Crippen molar-refractivity contribution >= 4 is 35.3 Å². The van der Waals surface area contributed by atoms with Gasteiger partial charge in [-0.3, -0.25) is 14.9 Å². The molecule has 200 valence electrons. The molecule has 1 unspecified atom stereocenters. The number of carbonyl (C=O) groups excluding carboxylic acids is 1. The number of esters is 1. The minimum atomic E-state index is -4.25. The normalized spacial score (nSPS) is 16.1. The monoisotopic (exact) mass is 602 g/mol. The standard InChI is InChI=1S/C27H28BrN2O7P/c28-21-11-15-24(16-12-21)36-38(34,37-25-17-13-22(14-18-25)30(32)33)29-26(19-20-7-3-1-4-8-20)27(31)35-23-9-5-2-6-10-23/h1,3-4,7-8,11-18,23,26H,2,5-6,9-10,19H2,(H,29,34)/t26-,38?/m0/s1. The summed E-state index contributed by atoms with van der Waals surface area (Å²) in [5.41, 5.74) is 0.683. The number of benzene rings is 3. The lowest BCUT2D eigenvalue weighted by atomic mass is 9.97. The van der Waals surface area contributed by atoms with E-state index < -0.39 is 24.7 Å². The number of hydrogen-bond donors (Lipinski definition) is 1. The van der Waals surface area contributed by atoms with Gasteiger partial charge in [0.15, 0.2) is 0 Å². The summed E-state index contributed by atoms with van der Waals surface area (Å²) in [6.45, 7) is 0. The first-order chi connectivity index (χ1) is 18.3. The fraction of sp³-hybridized carbons (Fsp3) is 0.296. The van der Waals surface area contributed by atoms with E-state index >= 15 is 0 Å². The molecule has 0 amide bonds. The molecule has 1 aliphatic rings. The molecule has 11 heteroatoms. The first-order valence-corrected chi connectivity index (χ1v) is 14.6. The molecular weight excluding hydrogens is 575 g/mol. The van der Waals surface area contributed by atoms with E-state index in [0.29, 0.717) is 0 Å². The van der Waals surface area contributed by atoms with Crippen LogP contribution in [0.1, 0.15) is 37.7 Å². The Morgan fingerprint density at radius 3 is 2.11 bits per heavy atom. The van der Waals surface area contributed by atoms with Crippen molar-refractivity contribution in [1.29, 1.82) is 0 Å². The summed E-state index contributed by atoms with van der Waals surface area (Å²) < 4.78 is 32.3. The summed E-state index contributed by atoms with van der Waals surface area (Å²) in [7, 11) is -4.25. The van der Waals surface area contributed by atoms with Crippen molar-refractivity contribution in [3.05, 3.63) is 99.0 Å². The van der Waals surface area contributed by atoms with Crippen LogP contribution in [-0.4, -0.2) is 23.0 Å². The van der Waals surface area contributed by atoms with Gasteiger partial charge in [0, 0.05) is 16.6 Å². The average Bonchev–Trinajstić information content (AvgIpc) is 2.91. The molecule has 1 saturated carbocycles. The van der Waals surface area contributed by atoms with Crippen molar-refractivity contribution in [3.63, 3.8) is 0 Å². The molecule has 38 heavy (non-hydrogen) atoms. The van der Waals surface area contributed by atoms with Gasteiger partial charge in [-0.1, -0.05) is 52.7 Å². The maximum absolute atomic E-state index is 14.1. The Morgan fingerprint density at radius 1 is 0.947 bits per heavy atom. The number of halogens is 1. The molecule has 0 spiro atoms. The maximum atomic E-state index is 14.1. The predicted molar refractivity (Wildman–Crippen MR) is 146 cm³/mol. The van der Waals surface area contributed by atoms with E-state index in [2.05, 4.69) is 21.0 Å². The minimum Gasteiger partial charge on any atom is -0.461 e. The second-order valence-electron chi connectivity index (χ2n) is 8.95. The van der Waals surface area contributed by atoms with Crippen molar-refractivity contribution in [3.8, 4) is 11.5 Å². The van der Waals surface area contributed by atoms with E-state index in [-0.39, 0.29) is 29.7 Å². The number of carbonyl (C=O) groups is 1. The molecule has 0 heterocycles. The molecular formula is C27H28BrN2O7P. The second-order valence-corrected chi connectivity index (χ2v) is 11.5. The van der Waals surface area contributed by atoms with Crippen molar-refractivity contribution in [2.45, 2.75) is 50.7 Å². The molecule has 4 rings (SSSR count). The largest absolute Gasteiger partial charge is 0.513 e. The van der Waals surface area contributed by atoms with Gasteiger partial charge in [-0.15, -0.1) is 0 Å². The fourth-order valence-corrected chi connectivity index (χ4v) is 5.91. The molecule has 2 atom stereocenters. The third-order valence-electron chi connectivity index (χ3n) is 6.03. The van der Waals surface area contributed by atoms with Gasteiger partial charge in [-0.05, 0) is 74.1 Å². The summed E-state index contributed by atoms with van der Waals surface area (Å²) in [4.78, 5) is 23.9. The van der Waals surface area contributed by atoms with Crippen LogP contribution < -0.4 is 14.1 Å². The van der Waals surface area contributed by atoms with Gasteiger partial charge < -0.3 is 13.8 Å². The number of nitro groups is 1. The van der Waals surface area contributed by atoms with Crippen LogP contribution in [0, 0.1) is 10.1 Å². The Kier molecular flexibility index (Phi) is 9.55. The Bertz CT molecular complexity index is 1270. The van der Waals surface area contributed by atoms with Gasteiger partial charge in [0.25, 0.3) is 5.69 Å². The average molecular weight is 603 g/mol. The Labute approximate surface area is 229 Å². The highest BCUT2D eigenvalue weighted by molar-refractivity contribution is 9.10. The highest BCUT2D eigenvalue weighted by atomic mass is 79.9. The zero-order valence-corrected chi connectivity index (χ0v) is 23.0. The molecule has 1 N–H and O–H groups in total. The molecule has 0 aromatic heterocycles. The number of rotatable bonds is 11. The van der Waals surface area contributed by atoms with Crippen LogP contribution in [0.3, 0.4) is 0 Å². The van der Waals surface area contributed by atoms with E-state index in [0.717, 1.165) is 42.1 Å². The quantitative estimate of drug-likeness (QED) is 0.108. The van der Waals surface area contributed by atoms with Crippen LogP contribution in [-0.2, 0) is 20.5 Å². The maximum Gasteiger partial charge on any atom is 0.513 e. The van der Waals surface area contributed by atoms with Crippen LogP contribution in [0.25, 0.3) is 0 Å². The second kappa shape index (κ2) is 13.0. The van der Waals surface area contributed by atoms with Gasteiger partial charge in [-0.2, -0.15) is 5.09 Å². The molecule has 0 saturated heterocycles. The molecule has 3 aromatic carbocycles. The lowest BCUT2D eigenvalue weighted by molar-refractivity contribution is -0.384. The first-order valence-electron chi connectivity index (χ1n) is 12.3. The SMILES string of the molecule is O=C(OC1CCCCC1)[C@H](Cc1ccccc1)NP(=O)(Oc1ccc(Br)cc1)Oc1ccc([N+](=O)[O-])cc1. The van der Waals surface area contributed by atoms with Crippen LogP contribution in [0.5, 0.6) is 11.5 Å². The Balaban J connectivity index is 1.62. The molecule has 1 fully saturated rings. The van der Waals surface area contributed by atoms with Crippen LogP contribution in [0.2, 0.25) is 0 Å². The molecule has 9 nitrogen and oxygen atoms in total. The number of nitro benzene ring substituents is 1. The number of ether oxygens (including phenoxy) is 1. The van der Waals surface area contributed by atoms with Gasteiger partial charge in [0.05, 0.1) is 4.92 Å². The van der Waals surface area contributed by atoms with E-state index in [1.807, 2.05) is 30.3 Å². The summed E-state index contributed by atoms with van der Waals surface area (Å²) >= 11 is 3.35. The van der Waals surface area contributed by atoms with Crippen LogP contribution in [0.15, 0.2) is 83.3 Å². The zero-order chi connectivity index (χ0) is 27.0. The van der Waals surface area contributed by atoms with Crippen molar-refractivity contribution in [2.24, 2.45) is 0 Å². The number of nitrogens with one attached hydrogen (secondary N) is 1.